The molecule has 2 aromatic heterocycles. The van der Waals surface area contributed by atoms with Gasteiger partial charge >= 0.3 is 0 Å². The first-order chi connectivity index (χ1) is 12.0. The number of aromatic nitrogens is 2. The van der Waals surface area contributed by atoms with E-state index < -0.39 is 0 Å². The molecule has 25 heavy (non-hydrogen) atoms. The van der Waals surface area contributed by atoms with E-state index in [4.69, 9.17) is 0 Å². The molecule has 0 unspecified atom stereocenters. The summed E-state index contributed by atoms with van der Waals surface area (Å²) in [5.74, 6) is 1.18. The number of H-pyrrole nitrogens is 1. The summed E-state index contributed by atoms with van der Waals surface area (Å²) in [6.07, 6.45) is 1.85. The molecule has 0 atom stereocenters. The highest BCUT2D eigenvalue weighted by Crippen LogP contribution is 2.36. The predicted molar refractivity (Wildman–Crippen MR) is 105 cm³/mol. The van der Waals surface area contributed by atoms with E-state index in [1.54, 1.807) is 6.07 Å². The smallest absolute Gasteiger partial charge is 0.133 e. The fraction of sp³-hybridized carbons (Fsp3) is 0.250. The molecule has 0 aliphatic rings. The lowest BCUT2D eigenvalue weighted by Gasteiger charge is -2.13. The molecule has 4 rings (SSSR count). The molecule has 0 bridgehead atoms. The molecule has 0 aliphatic heterocycles. The number of nitrogens with zero attached hydrogens (tertiary/aromatic N) is 2. The molecule has 5 heteroatoms. The molecule has 128 valence electrons. The van der Waals surface area contributed by atoms with Gasteiger partial charge in [-0.1, -0.05) is 0 Å². The van der Waals surface area contributed by atoms with Crippen molar-refractivity contribution >= 4 is 38.4 Å². The van der Waals surface area contributed by atoms with Crippen molar-refractivity contribution in [2.24, 2.45) is 0 Å². The average Bonchev–Trinajstić information content (AvgIpc) is 2.94. The van der Waals surface area contributed by atoms with Crippen LogP contribution in [0.15, 0.2) is 36.5 Å². The minimum absolute atomic E-state index is 0.279. The molecule has 5 nitrogen and oxygen atoms in total. The van der Waals surface area contributed by atoms with Crippen LogP contribution in [0.5, 0.6) is 5.75 Å². The van der Waals surface area contributed by atoms with Crippen LogP contribution in [0.25, 0.3) is 32.6 Å². The topological polar surface area (TPSA) is 64.2 Å². The number of aromatic hydroxyl groups is 1. The van der Waals surface area contributed by atoms with Gasteiger partial charge in [0.2, 0.25) is 0 Å². The number of rotatable bonds is 4. The van der Waals surface area contributed by atoms with Gasteiger partial charge in [0.1, 0.15) is 11.6 Å². The number of benzene rings is 2. The highest BCUT2D eigenvalue weighted by Gasteiger charge is 2.13. The van der Waals surface area contributed by atoms with Crippen LogP contribution in [0.1, 0.15) is 5.56 Å². The van der Waals surface area contributed by atoms with E-state index in [0.717, 1.165) is 46.1 Å². The Bertz CT molecular complexity index is 1080. The zero-order chi connectivity index (χ0) is 17.6. The maximum absolute atomic E-state index is 9.87. The number of aryl methyl sites for hydroxylation is 1. The first kappa shape index (κ1) is 15.7. The molecule has 4 aromatic rings. The molecule has 2 aromatic carbocycles. The third-order valence-electron chi connectivity index (χ3n) is 4.73. The molecule has 3 N–H and O–H groups in total. The molecule has 2 heterocycles. The number of hydrogen-bond donors (Lipinski definition) is 3. The Morgan fingerprint density at radius 2 is 1.92 bits per heavy atom. The van der Waals surface area contributed by atoms with Crippen LogP contribution in [0.3, 0.4) is 0 Å². The first-order valence-corrected chi connectivity index (χ1v) is 8.46. The highest BCUT2D eigenvalue weighted by molar-refractivity contribution is 6.15. The number of phenolic OH excluding ortho intramolecular Hbond substituents is 1. The van der Waals surface area contributed by atoms with Gasteiger partial charge in [-0.15, -0.1) is 0 Å². The summed E-state index contributed by atoms with van der Waals surface area (Å²) >= 11 is 0. The van der Waals surface area contributed by atoms with Crippen LogP contribution < -0.4 is 5.32 Å². The van der Waals surface area contributed by atoms with Gasteiger partial charge in [-0.25, -0.2) is 4.98 Å². The lowest BCUT2D eigenvalue weighted by Crippen LogP contribution is -2.21. The largest absolute Gasteiger partial charge is 0.508 e. The second kappa shape index (κ2) is 5.93. The maximum atomic E-state index is 9.87. The Labute approximate surface area is 146 Å². The van der Waals surface area contributed by atoms with Gasteiger partial charge < -0.3 is 20.3 Å². The van der Waals surface area contributed by atoms with Crippen molar-refractivity contribution in [3.05, 3.63) is 42.1 Å². The molecule has 0 saturated heterocycles. The maximum Gasteiger partial charge on any atom is 0.133 e. The van der Waals surface area contributed by atoms with Crippen molar-refractivity contribution in [2.75, 3.05) is 32.5 Å². The van der Waals surface area contributed by atoms with Crippen molar-refractivity contribution in [2.45, 2.75) is 6.92 Å². The van der Waals surface area contributed by atoms with Gasteiger partial charge in [-0.3, -0.25) is 0 Å². The zero-order valence-electron chi connectivity index (χ0n) is 14.7. The van der Waals surface area contributed by atoms with Crippen molar-refractivity contribution < 1.29 is 5.11 Å². The number of phenols is 1. The lowest BCUT2D eigenvalue weighted by molar-refractivity contribution is 0.425. The Kier molecular flexibility index (Phi) is 3.73. The fourth-order valence-corrected chi connectivity index (χ4v) is 3.41. The minimum Gasteiger partial charge on any atom is -0.508 e. The van der Waals surface area contributed by atoms with Gasteiger partial charge in [0, 0.05) is 41.0 Å². The fourth-order valence-electron chi connectivity index (χ4n) is 3.41. The number of fused-ring (bicyclic) bond motifs is 4. The SMILES string of the molecule is Cc1c2ccnc(NCCN(C)C)c2cc2c1[nH]c1ccc(O)cc12. The summed E-state index contributed by atoms with van der Waals surface area (Å²) in [5, 5.41) is 17.8. The van der Waals surface area contributed by atoms with E-state index >= 15 is 0 Å². The first-order valence-electron chi connectivity index (χ1n) is 8.46. The summed E-state index contributed by atoms with van der Waals surface area (Å²) in [5.41, 5.74) is 3.33. The molecule has 0 aliphatic carbocycles. The van der Waals surface area contributed by atoms with Crippen LogP contribution in [0, 0.1) is 6.92 Å². The van der Waals surface area contributed by atoms with E-state index in [1.807, 2.05) is 18.3 Å². The van der Waals surface area contributed by atoms with Crippen LogP contribution in [-0.2, 0) is 0 Å². The van der Waals surface area contributed by atoms with E-state index in [-0.39, 0.29) is 5.75 Å². The number of pyridine rings is 1. The van der Waals surface area contributed by atoms with Crippen LogP contribution >= 0.6 is 0 Å². The number of likely N-dealkylation sites (N-methyl/N-ethyl adjacent to an activating group) is 1. The van der Waals surface area contributed by atoms with Crippen LogP contribution in [-0.4, -0.2) is 47.2 Å². The van der Waals surface area contributed by atoms with Crippen molar-refractivity contribution in [3.63, 3.8) is 0 Å². The highest BCUT2D eigenvalue weighted by atomic mass is 16.3. The Morgan fingerprint density at radius 3 is 2.72 bits per heavy atom. The monoisotopic (exact) mass is 334 g/mol. The molecular formula is C20H22N4O. The Hall–Kier alpha value is -2.79. The van der Waals surface area contributed by atoms with Gasteiger partial charge in [0.25, 0.3) is 0 Å². The molecule has 0 radical (unpaired) electrons. The van der Waals surface area contributed by atoms with Crippen molar-refractivity contribution in [3.8, 4) is 5.75 Å². The normalized spacial score (nSPS) is 11.8. The standard InChI is InChI=1S/C20H22N4O/c1-12-14-6-7-21-20(22-8-9-24(2)3)17(14)11-16-15-10-13(25)4-5-18(15)23-19(12)16/h4-7,10-11,23,25H,8-9H2,1-3H3,(H,21,22). The average molecular weight is 334 g/mol. The summed E-state index contributed by atoms with van der Waals surface area (Å²) < 4.78 is 0. The number of nitrogens with one attached hydrogen (secondary N) is 2. The molecule has 0 fully saturated rings. The second-order valence-electron chi connectivity index (χ2n) is 6.76. The van der Waals surface area contributed by atoms with Gasteiger partial charge in [-0.2, -0.15) is 0 Å². The van der Waals surface area contributed by atoms with Crippen LogP contribution in [0.4, 0.5) is 5.82 Å². The third-order valence-corrected chi connectivity index (χ3v) is 4.73. The second-order valence-corrected chi connectivity index (χ2v) is 6.76. The quantitative estimate of drug-likeness (QED) is 0.530. The van der Waals surface area contributed by atoms with E-state index in [9.17, 15) is 5.11 Å². The van der Waals surface area contributed by atoms with E-state index in [0.29, 0.717) is 0 Å². The molecule has 0 saturated carbocycles. The number of aromatic amines is 1. The predicted octanol–water partition coefficient (Wildman–Crippen LogP) is 3.86. The minimum atomic E-state index is 0.279. The zero-order valence-corrected chi connectivity index (χ0v) is 14.7. The lowest BCUT2D eigenvalue weighted by atomic mass is 10.0. The van der Waals surface area contributed by atoms with Gasteiger partial charge in [0.15, 0.2) is 0 Å². The summed E-state index contributed by atoms with van der Waals surface area (Å²) in [6, 6.07) is 9.67. The Balaban J connectivity index is 1.94. The van der Waals surface area contributed by atoms with Gasteiger partial charge in [0.05, 0.1) is 5.52 Å². The summed E-state index contributed by atoms with van der Waals surface area (Å²) in [6.45, 7) is 3.91. The number of hydrogen-bond acceptors (Lipinski definition) is 4. The molecule has 0 spiro atoms. The van der Waals surface area contributed by atoms with E-state index in [1.165, 1.54) is 10.9 Å². The third kappa shape index (κ3) is 2.66. The molecule has 0 amide bonds. The number of anilines is 1. The Morgan fingerprint density at radius 1 is 1.08 bits per heavy atom. The van der Waals surface area contributed by atoms with Crippen molar-refractivity contribution in [1.29, 1.82) is 0 Å². The van der Waals surface area contributed by atoms with Gasteiger partial charge in [-0.05, 0) is 62.3 Å². The summed E-state index contributed by atoms with van der Waals surface area (Å²) in [7, 11) is 4.12. The summed E-state index contributed by atoms with van der Waals surface area (Å²) in [4.78, 5) is 10.2. The van der Waals surface area contributed by atoms with E-state index in [2.05, 4.69) is 53.3 Å². The molecular weight excluding hydrogens is 312 g/mol. The van der Waals surface area contributed by atoms with Crippen molar-refractivity contribution in [1.82, 2.24) is 14.9 Å². The van der Waals surface area contributed by atoms with Crippen LogP contribution in [0.2, 0.25) is 0 Å².